The second kappa shape index (κ2) is 13.2. The standard InChI is InChI=1S/C28H33ClN2O8/c1-7-30-28(34)31-24-17(25(36-5)16(3)18-14-38-27(33)22(18)24)10-8-15(2)9-13-21(32)39-19-11-12-20(35-4)26(37-6)23(19)29/h8,11-12H,7,9-10,13-14H2,1-6H3,(H2,30,31,34)/b15-8+. The molecule has 1 aliphatic heterocycles. The van der Waals surface area contributed by atoms with Crippen molar-refractivity contribution in [2.24, 2.45) is 0 Å². The predicted octanol–water partition coefficient (Wildman–Crippen LogP) is 5.36. The van der Waals surface area contributed by atoms with E-state index in [-0.39, 0.29) is 29.5 Å². The summed E-state index contributed by atoms with van der Waals surface area (Å²) in [4.78, 5) is 37.5. The van der Waals surface area contributed by atoms with Gasteiger partial charge in [0.25, 0.3) is 0 Å². The molecule has 0 aromatic heterocycles. The Morgan fingerprint density at radius 3 is 2.41 bits per heavy atom. The first-order valence-electron chi connectivity index (χ1n) is 12.4. The fourth-order valence-corrected chi connectivity index (χ4v) is 4.58. The van der Waals surface area contributed by atoms with Crippen LogP contribution in [0.25, 0.3) is 0 Å². The van der Waals surface area contributed by atoms with E-state index in [2.05, 4.69) is 10.6 Å². The minimum atomic E-state index is -0.499. The van der Waals surface area contributed by atoms with Crippen LogP contribution in [0.5, 0.6) is 23.0 Å². The second-order valence-corrected chi connectivity index (χ2v) is 9.15. The second-order valence-electron chi connectivity index (χ2n) is 8.77. The molecule has 0 saturated carbocycles. The number of fused-ring (bicyclic) bond motifs is 1. The lowest BCUT2D eigenvalue weighted by Crippen LogP contribution is -2.29. The quantitative estimate of drug-likeness (QED) is 0.214. The summed E-state index contributed by atoms with van der Waals surface area (Å²) in [6.07, 6.45) is 2.78. The molecule has 2 amide bonds. The van der Waals surface area contributed by atoms with Crippen molar-refractivity contribution in [3.63, 3.8) is 0 Å². The van der Waals surface area contributed by atoms with Crippen LogP contribution in [-0.2, 0) is 22.6 Å². The maximum Gasteiger partial charge on any atom is 0.341 e. The number of ether oxygens (including phenoxy) is 5. The number of methoxy groups -OCH3 is 3. The van der Waals surface area contributed by atoms with Crippen molar-refractivity contribution in [2.75, 3.05) is 33.2 Å². The van der Waals surface area contributed by atoms with Crippen molar-refractivity contribution in [3.8, 4) is 23.0 Å². The monoisotopic (exact) mass is 560 g/mol. The van der Waals surface area contributed by atoms with Crippen LogP contribution in [0.2, 0.25) is 5.02 Å². The highest BCUT2D eigenvalue weighted by Crippen LogP contribution is 2.42. The van der Waals surface area contributed by atoms with E-state index in [1.807, 2.05) is 19.9 Å². The van der Waals surface area contributed by atoms with Crippen LogP contribution in [-0.4, -0.2) is 45.8 Å². The normalized spacial score (nSPS) is 12.4. The Morgan fingerprint density at radius 1 is 1.08 bits per heavy atom. The molecule has 10 nitrogen and oxygen atoms in total. The van der Waals surface area contributed by atoms with Crippen molar-refractivity contribution in [2.45, 2.75) is 46.6 Å². The molecule has 0 fully saturated rings. The molecule has 0 aliphatic carbocycles. The number of hydrogen-bond acceptors (Lipinski definition) is 8. The number of esters is 2. The van der Waals surface area contributed by atoms with Gasteiger partial charge in [0.1, 0.15) is 17.4 Å². The number of anilines is 1. The first-order chi connectivity index (χ1) is 18.7. The van der Waals surface area contributed by atoms with E-state index in [0.29, 0.717) is 53.3 Å². The number of halogens is 1. The number of hydrogen-bond donors (Lipinski definition) is 2. The van der Waals surface area contributed by atoms with Crippen molar-refractivity contribution in [3.05, 3.63) is 51.1 Å². The van der Waals surface area contributed by atoms with Crippen LogP contribution >= 0.6 is 11.6 Å². The summed E-state index contributed by atoms with van der Waals surface area (Å²) >= 11 is 6.31. The summed E-state index contributed by atoms with van der Waals surface area (Å²) in [5.41, 5.74) is 3.68. The van der Waals surface area contributed by atoms with E-state index in [0.717, 1.165) is 11.1 Å². The SMILES string of the molecule is CCNC(=O)Nc1c(C/C=C(\C)CCC(=O)Oc2ccc(OC)c(OC)c2Cl)c(OC)c(C)c2c1C(=O)OC2. The number of carbonyl (C=O) groups is 3. The van der Waals surface area contributed by atoms with Gasteiger partial charge in [0.15, 0.2) is 17.2 Å². The minimum absolute atomic E-state index is 0.101. The Bertz CT molecular complexity index is 1310. The summed E-state index contributed by atoms with van der Waals surface area (Å²) in [6.45, 7) is 6.06. The first-order valence-corrected chi connectivity index (χ1v) is 12.7. The maximum absolute atomic E-state index is 12.6. The first kappa shape index (κ1) is 29.6. The molecule has 2 N–H and O–H groups in total. The van der Waals surface area contributed by atoms with Crippen molar-refractivity contribution in [1.29, 1.82) is 0 Å². The third-order valence-corrected chi connectivity index (χ3v) is 6.66. The van der Waals surface area contributed by atoms with Crippen LogP contribution in [0.1, 0.15) is 53.7 Å². The summed E-state index contributed by atoms with van der Waals surface area (Å²) in [6, 6.07) is 2.71. The van der Waals surface area contributed by atoms with Gasteiger partial charge in [-0.05, 0) is 51.3 Å². The molecule has 2 aromatic rings. The molecule has 1 heterocycles. The predicted molar refractivity (Wildman–Crippen MR) is 146 cm³/mol. The fraction of sp³-hybridized carbons (Fsp3) is 0.393. The van der Waals surface area contributed by atoms with Gasteiger partial charge in [0.05, 0.1) is 32.6 Å². The molecule has 0 bridgehead atoms. The highest BCUT2D eigenvalue weighted by molar-refractivity contribution is 6.34. The molecule has 2 aromatic carbocycles. The summed E-state index contributed by atoms with van der Waals surface area (Å²) in [5.74, 6) is 0.468. The number of nitrogens with one attached hydrogen (secondary N) is 2. The molecule has 11 heteroatoms. The Kier molecular flexibility index (Phi) is 10.1. The van der Waals surface area contributed by atoms with Gasteiger partial charge in [-0.25, -0.2) is 9.59 Å². The maximum atomic E-state index is 12.6. The highest BCUT2D eigenvalue weighted by Gasteiger charge is 2.32. The average molecular weight is 561 g/mol. The van der Waals surface area contributed by atoms with Crippen LogP contribution in [0, 0.1) is 6.92 Å². The van der Waals surface area contributed by atoms with Gasteiger partial charge in [0.2, 0.25) is 0 Å². The third kappa shape index (κ3) is 6.57. The van der Waals surface area contributed by atoms with Gasteiger partial charge in [-0.2, -0.15) is 0 Å². The number of allylic oxidation sites excluding steroid dienone is 2. The van der Waals surface area contributed by atoms with Gasteiger partial charge in [0, 0.05) is 24.1 Å². The largest absolute Gasteiger partial charge is 0.496 e. The molecular weight excluding hydrogens is 528 g/mol. The minimum Gasteiger partial charge on any atom is -0.496 e. The molecule has 0 saturated heterocycles. The Labute approximate surface area is 232 Å². The van der Waals surface area contributed by atoms with Gasteiger partial charge in [-0.1, -0.05) is 23.3 Å². The summed E-state index contributed by atoms with van der Waals surface area (Å²) in [7, 11) is 4.47. The van der Waals surface area contributed by atoms with E-state index in [1.54, 1.807) is 19.1 Å². The summed E-state index contributed by atoms with van der Waals surface area (Å²) < 4.78 is 26.8. The van der Waals surface area contributed by atoms with E-state index in [1.165, 1.54) is 21.3 Å². The van der Waals surface area contributed by atoms with Crippen LogP contribution in [0.15, 0.2) is 23.8 Å². The number of carbonyl (C=O) groups excluding carboxylic acids is 3. The van der Waals surface area contributed by atoms with Crippen molar-refractivity contribution < 1.29 is 38.1 Å². The number of urea groups is 1. The Morgan fingerprint density at radius 2 is 1.77 bits per heavy atom. The highest BCUT2D eigenvalue weighted by atomic mass is 35.5. The zero-order chi connectivity index (χ0) is 28.7. The van der Waals surface area contributed by atoms with Crippen LogP contribution in [0.3, 0.4) is 0 Å². The molecule has 1 aliphatic rings. The smallest absolute Gasteiger partial charge is 0.341 e. The zero-order valence-electron chi connectivity index (χ0n) is 22.9. The number of rotatable bonds is 11. The van der Waals surface area contributed by atoms with E-state index in [9.17, 15) is 14.4 Å². The molecule has 0 spiro atoms. The Hall–Kier alpha value is -3.92. The molecule has 0 radical (unpaired) electrons. The average Bonchev–Trinajstić information content (AvgIpc) is 3.30. The molecule has 0 atom stereocenters. The van der Waals surface area contributed by atoms with E-state index in [4.69, 9.17) is 35.3 Å². The topological polar surface area (TPSA) is 121 Å². The number of benzene rings is 2. The molecule has 210 valence electrons. The van der Waals surface area contributed by atoms with Crippen molar-refractivity contribution >= 4 is 35.3 Å². The van der Waals surface area contributed by atoms with Gasteiger partial charge in [-0.3, -0.25) is 4.79 Å². The molecule has 39 heavy (non-hydrogen) atoms. The van der Waals surface area contributed by atoms with Crippen LogP contribution < -0.4 is 29.6 Å². The number of amides is 2. The van der Waals surface area contributed by atoms with Gasteiger partial charge < -0.3 is 34.3 Å². The number of cyclic esters (lactones) is 1. The van der Waals surface area contributed by atoms with E-state index < -0.39 is 18.0 Å². The summed E-state index contributed by atoms with van der Waals surface area (Å²) in [5, 5.41) is 5.62. The lowest BCUT2D eigenvalue weighted by Gasteiger charge is -2.20. The van der Waals surface area contributed by atoms with Gasteiger partial charge in [-0.15, -0.1) is 0 Å². The fourth-order valence-electron chi connectivity index (χ4n) is 4.31. The lowest BCUT2D eigenvalue weighted by molar-refractivity contribution is -0.134. The third-order valence-electron chi connectivity index (χ3n) is 6.30. The molecule has 0 unspecified atom stereocenters. The zero-order valence-corrected chi connectivity index (χ0v) is 23.7. The molecular formula is C28H33ClN2O8. The van der Waals surface area contributed by atoms with Crippen LogP contribution in [0.4, 0.5) is 10.5 Å². The lowest BCUT2D eigenvalue weighted by atomic mass is 9.93. The van der Waals surface area contributed by atoms with Gasteiger partial charge >= 0.3 is 18.0 Å². The Balaban J connectivity index is 1.79. The molecule has 3 rings (SSSR count). The van der Waals surface area contributed by atoms with Crippen molar-refractivity contribution in [1.82, 2.24) is 5.32 Å². The van der Waals surface area contributed by atoms with E-state index >= 15 is 0 Å².